The van der Waals surface area contributed by atoms with Crippen LogP contribution in [-0.2, 0) is 9.53 Å². The molecule has 1 fully saturated rings. The topological polar surface area (TPSA) is 64.3 Å². The van der Waals surface area contributed by atoms with Gasteiger partial charge in [0.1, 0.15) is 0 Å². The Morgan fingerprint density at radius 1 is 1.50 bits per heavy atom. The fraction of sp³-hybridized carbons (Fsp3) is 0.875. The van der Waals surface area contributed by atoms with Gasteiger partial charge in [0.05, 0.1) is 13.0 Å². The lowest BCUT2D eigenvalue weighted by molar-refractivity contribution is -0.145. The molecule has 0 aliphatic carbocycles. The van der Waals surface area contributed by atoms with Crippen molar-refractivity contribution in [1.29, 1.82) is 0 Å². The summed E-state index contributed by atoms with van der Waals surface area (Å²) in [5.74, 6) is -0.139. The standard InChI is InChI=1S/C8H16N2O2/c1-12-8(11)6-2-3-7(9)5-10-4-6/h6-7,10H,2-5,9H2,1H3/t6-,7-/m1/s1. The van der Waals surface area contributed by atoms with Crippen LogP contribution in [0.25, 0.3) is 0 Å². The Kier molecular flexibility index (Phi) is 3.49. The van der Waals surface area contributed by atoms with E-state index in [2.05, 4.69) is 10.1 Å². The second kappa shape index (κ2) is 4.42. The average Bonchev–Trinajstić information content (AvgIpc) is 2.29. The highest BCUT2D eigenvalue weighted by molar-refractivity contribution is 5.72. The van der Waals surface area contributed by atoms with Crippen molar-refractivity contribution < 1.29 is 9.53 Å². The zero-order valence-corrected chi connectivity index (χ0v) is 7.38. The molecule has 0 amide bonds. The molecule has 0 aromatic heterocycles. The molecule has 0 aromatic rings. The second-order valence-electron chi connectivity index (χ2n) is 3.22. The van der Waals surface area contributed by atoms with Crippen molar-refractivity contribution in [2.75, 3.05) is 20.2 Å². The fourth-order valence-electron chi connectivity index (χ4n) is 1.43. The van der Waals surface area contributed by atoms with E-state index in [9.17, 15) is 4.79 Å². The maximum atomic E-state index is 11.1. The highest BCUT2D eigenvalue weighted by atomic mass is 16.5. The van der Waals surface area contributed by atoms with Crippen molar-refractivity contribution in [1.82, 2.24) is 5.32 Å². The number of methoxy groups -OCH3 is 1. The minimum absolute atomic E-state index is 0.0106. The molecule has 70 valence electrons. The van der Waals surface area contributed by atoms with E-state index in [1.807, 2.05) is 0 Å². The van der Waals surface area contributed by atoms with Crippen molar-refractivity contribution in [3.8, 4) is 0 Å². The first-order valence-electron chi connectivity index (χ1n) is 4.28. The van der Waals surface area contributed by atoms with Gasteiger partial charge in [0.2, 0.25) is 0 Å². The van der Waals surface area contributed by atoms with E-state index in [0.717, 1.165) is 19.4 Å². The van der Waals surface area contributed by atoms with Crippen LogP contribution in [0.1, 0.15) is 12.8 Å². The quantitative estimate of drug-likeness (QED) is 0.523. The van der Waals surface area contributed by atoms with E-state index in [-0.39, 0.29) is 17.9 Å². The molecule has 1 rings (SSSR count). The summed E-state index contributed by atoms with van der Waals surface area (Å²) in [6.07, 6.45) is 1.73. The van der Waals surface area contributed by atoms with Gasteiger partial charge < -0.3 is 15.8 Å². The number of rotatable bonds is 1. The van der Waals surface area contributed by atoms with Crippen LogP contribution in [0.2, 0.25) is 0 Å². The van der Waals surface area contributed by atoms with Gasteiger partial charge in [-0.2, -0.15) is 0 Å². The smallest absolute Gasteiger partial charge is 0.309 e. The van der Waals surface area contributed by atoms with E-state index in [4.69, 9.17) is 5.73 Å². The van der Waals surface area contributed by atoms with Gasteiger partial charge in [0.15, 0.2) is 0 Å². The van der Waals surface area contributed by atoms with Crippen molar-refractivity contribution in [2.45, 2.75) is 18.9 Å². The summed E-state index contributed by atoms with van der Waals surface area (Å²) in [4.78, 5) is 11.1. The molecular weight excluding hydrogens is 156 g/mol. The first-order valence-corrected chi connectivity index (χ1v) is 4.28. The molecular formula is C8H16N2O2. The molecule has 0 bridgehead atoms. The first kappa shape index (κ1) is 9.48. The maximum Gasteiger partial charge on any atom is 0.309 e. The van der Waals surface area contributed by atoms with E-state index in [1.54, 1.807) is 0 Å². The van der Waals surface area contributed by atoms with Gasteiger partial charge in [-0.1, -0.05) is 0 Å². The molecule has 3 N–H and O–H groups in total. The van der Waals surface area contributed by atoms with E-state index in [1.165, 1.54) is 7.11 Å². The molecule has 0 saturated carbocycles. The molecule has 4 nitrogen and oxygen atoms in total. The number of carbonyl (C=O) groups excluding carboxylic acids is 1. The van der Waals surface area contributed by atoms with Crippen LogP contribution in [0.5, 0.6) is 0 Å². The Morgan fingerprint density at radius 2 is 2.25 bits per heavy atom. The Hall–Kier alpha value is -0.610. The third-order valence-electron chi connectivity index (χ3n) is 2.22. The normalized spacial score (nSPS) is 30.8. The van der Waals surface area contributed by atoms with Gasteiger partial charge >= 0.3 is 5.97 Å². The summed E-state index contributed by atoms with van der Waals surface area (Å²) in [5.41, 5.74) is 5.72. The van der Waals surface area contributed by atoms with Crippen LogP contribution in [0.3, 0.4) is 0 Å². The number of ether oxygens (including phenoxy) is 1. The van der Waals surface area contributed by atoms with Crippen molar-refractivity contribution >= 4 is 5.97 Å². The molecule has 2 atom stereocenters. The third kappa shape index (κ3) is 2.46. The number of nitrogens with two attached hydrogens (primary N) is 1. The largest absolute Gasteiger partial charge is 0.469 e. The van der Waals surface area contributed by atoms with Gasteiger partial charge in [-0.25, -0.2) is 0 Å². The second-order valence-corrected chi connectivity index (χ2v) is 3.22. The molecule has 0 radical (unpaired) electrons. The number of hydrogen-bond donors (Lipinski definition) is 2. The highest BCUT2D eigenvalue weighted by Crippen LogP contribution is 2.11. The molecule has 1 aliphatic rings. The average molecular weight is 172 g/mol. The lowest BCUT2D eigenvalue weighted by Gasteiger charge is -2.10. The van der Waals surface area contributed by atoms with E-state index < -0.39 is 0 Å². The molecule has 1 heterocycles. The van der Waals surface area contributed by atoms with Gasteiger partial charge in [-0.15, -0.1) is 0 Å². The summed E-state index contributed by atoms with van der Waals surface area (Å²) in [5, 5.41) is 3.14. The van der Waals surface area contributed by atoms with Gasteiger partial charge in [-0.05, 0) is 12.8 Å². The minimum atomic E-state index is -0.128. The van der Waals surface area contributed by atoms with Crippen molar-refractivity contribution in [3.63, 3.8) is 0 Å². The SMILES string of the molecule is COC(=O)[C@@H]1CC[C@@H](N)CNC1. The summed E-state index contributed by atoms with van der Waals surface area (Å²) in [6, 6.07) is 0.180. The predicted molar refractivity (Wildman–Crippen MR) is 45.6 cm³/mol. The van der Waals surface area contributed by atoms with Gasteiger partial charge in [0, 0.05) is 19.1 Å². The first-order chi connectivity index (χ1) is 5.74. The maximum absolute atomic E-state index is 11.1. The Morgan fingerprint density at radius 3 is 2.92 bits per heavy atom. The lowest BCUT2D eigenvalue weighted by atomic mass is 10.0. The number of hydrogen-bond acceptors (Lipinski definition) is 4. The molecule has 12 heavy (non-hydrogen) atoms. The molecule has 0 unspecified atom stereocenters. The predicted octanol–water partition coefficient (Wildman–Crippen LogP) is -0.514. The Bertz CT molecular complexity index is 161. The van der Waals surface area contributed by atoms with Gasteiger partial charge in [-0.3, -0.25) is 4.79 Å². The van der Waals surface area contributed by atoms with Crippen molar-refractivity contribution in [3.05, 3.63) is 0 Å². The molecule has 4 heteroatoms. The molecule has 1 saturated heterocycles. The lowest BCUT2D eigenvalue weighted by Crippen LogP contribution is -2.33. The van der Waals surface area contributed by atoms with Crippen LogP contribution in [-0.4, -0.2) is 32.2 Å². The zero-order chi connectivity index (χ0) is 8.97. The summed E-state index contributed by atoms with van der Waals surface area (Å²) in [6.45, 7) is 1.49. The van der Waals surface area contributed by atoms with Crippen LogP contribution >= 0.6 is 0 Å². The molecule has 0 spiro atoms. The minimum Gasteiger partial charge on any atom is -0.469 e. The van der Waals surface area contributed by atoms with Crippen LogP contribution in [0.4, 0.5) is 0 Å². The Labute approximate surface area is 72.5 Å². The Balaban J connectivity index is 2.40. The number of carbonyl (C=O) groups is 1. The molecule has 0 aromatic carbocycles. The van der Waals surface area contributed by atoms with Gasteiger partial charge in [0.25, 0.3) is 0 Å². The van der Waals surface area contributed by atoms with E-state index >= 15 is 0 Å². The fourth-order valence-corrected chi connectivity index (χ4v) is 1.43. The summed E-state index contributed by atoms with van der Waals surface area (Å²) < 4.78 is 4.66. The van der Waals surface area contributed by atoms with E-state index in [0.29, 0.717) is 6.54 Å². The number of nitrogens with one attached hydrogen (secondary N) is 1. The van der Waals surface area contributed by atoms with Crippen LogP contribution < -0.4 is 11.1 Å². The zero-order valence-electron chi connectivity index (χ0n) is 7.38. The van der Waals surface area contributed by atoms with Crippen molar-refractivity contribution in [2.24, 2.45) is 11.7 Å². The van der Waals surface area contributed by atoms with Crippen LogP contribution in [0, 0.1) is 5.92 Å². The summed E-state index contributed by atoms with van der Waals surface area (Å²) >= 11 is 0. The highest BCUT2D eigenvalue weighted by Gasteiger charge is 2.22. The third-order valence-corrected chi connectivity index (χ3v) is 2.22. The van der Waals surface area contributed by atoms with Crippen LogP contribution in [0.15, 0.2) is 0 Å². The number of esters is 1. The molecule has 1 aliphatic heterocycles. The summed E-state index contributed by atoms with van der Waals surface area (Å²) in [7, 11) is 1.42. The monoisotopic (exact) mass is 172 g/mol.